The lowest BCUT2D eigenvalue weighted by Crippen LogP contribution is -2.35. The molecular formula is C27H36Cl3FN10O. The van der Waals surface area contributed by atoms with E-state index in [9.17, 15) is 4.39 Å². The minimum atomic E-state index is -0.437. The summed E-state index contributed by atoms with van der Waals surface area (Å²) in [5.41, 5.74) is 0.554. The van der Waals surface area contributed by atoms with Gasteiger partial charge in [-0.2, -0.15) is 29.9 Å². The summed E-state index contributed by atoms with van der Waals surface area (Å²) in [6.45, 7) is 5.18. The van der Waals surface area contributed by atoms with Gasteiger partial charge < -0.3 is 20.7 Å². The molecule has 3 heterocycles. The van der Waals surface area contributed by atoms with Gasteiger partial charge in [0.1, 0.15) is 0 Å². The van der Waals surface area contributed by atoms with Gasteiger partial charge >= 0.3 is 0 Å². The number of nitrogens with zero attached hydrogens (tertiary/aromatic N) is 7. The average Bonchev–Trinajstić information content (AvgIpc) is 3.26. The third kappa shape index (κ3) is 9.89. The van der Waals surface area contributed by atoms with Gasteiger partial charge in [0.25, 0.3) is 0 Å². The molecule has 1 aliphatic heterocycles. The molecule has 1 saturated heterocycles. The Balaban J connectivity index is 0.000000385. The predicted molar refractivity (Wildman–Crippen MR) is 165 cm³/mol. The van der Waals surface area contributed by atoms with E-state index in [0.717, 1.165) is 32.5 Å². The van der Waals surface area contributed by atoms with E-state index >= 15 is 0 Å². The number of rotatable bonds is 9. The highest BCUT2D eigenvalue weighted by Crippen LogP contribution is 2.25. The summed E-state index contributed by atoms with van der Waals surface area (Å²) < 4.78 is 19.2. The molecule has 3 N–H and O–H groups in total. The van der Waals surface area contributed by atoms with E-state index in [1.54, 1.807) is 12.1 Å². The van der Waals surface area contributed by atoms with Gasteiger partial charge in [-0.05, 0) is 85.7 Å². The second-order valence-electron chi connectivity index (χ2n) is 10.1. The van der Waals surface area contributed by atoms with Crippen LogP contribution in [0.25, 0.3) is 0 Å². The Morgan fingerprint density at radius 3 is 2.12 bits per heavy atom. The van der Waals surface area contributed by atoms with Crippen molar-refractivity contribution < 1.29 is 9.13 Å². The Kier molecular flexibility index (Phi) is 12.4. The minimum absolute atomic E-state index is 0.000000000000000444. The van der Waals surface area contributed by atoms with E-state index in [2.05, 4.69) is 57.7 Å². The molecule has 0 unspecified atom stereocenters. The van der Waals surface area contributed by atoms with E-state index < -0.39 is 5.82 Å². The molecule has 228 valence electrons. The van der Waals surface area contributed by atoms with Crippen molar-refractivity contribution in [1.82, 2.24) is 34.8 Å². The van der Waals surface area contributed by atoms with Gasteiger partial charge in [0.2, 0.25) is 33.7 Å². The van der Waals surface area contributed by atoms with Crippen molar-refractivity contribution >= 4 is 58.3 Å². The van der Waals surface area contributed by atoms with Crippen molar-refractivity contribution in [2.24, 2.45) is 0 Å². The maximum atomic E-state index is 14.2. The quantitative estimate of drug-likeness (QED) is 0.218. The molecule has 2 fully saturated rings. The first-order valence-corrected chi connectivity index (χ1v) is 15.3. The number of likely N-dealkylation sites (tertiary alicyclic amines) is 1. The molecule has 42 heavy (non-hydrogen) atoms. The topological polar surface area (TPSA) is 126 Å². The maximum absolute atomic E-state index is 14.2. The van der Waals surface area contributed by atoms with Gasteiger partial charge in [-0.25, -0.2) is 4.39 Å². The van der Waals surface area contributed by atoms with Crippen LogP contribution in [0.2, 0.25) is 15.9 Å². The number of methoxy groups -OCH3 is 1. The highest BCUT2D eigenvalue weighted by molar-refractivity contribution is 6.33. The zero-order valence-corrected chi connectivity index (χ0v) is 26.0. The fourth-order valence-corrected chi connectivity index (χ4v) is 5.72. The lowest BCUT2D eigenvalue weighted by Gasteiger charge is -2.23. The number of benzene rings is 1. The summed E-state index contributed by atoms with van der Waals surface area (Å²) in [5.74, 6) is 1.22. The van der Waals surface area contributed by atoms with Crippen LogP contribution in [0, 0.1) is 5.82 Å². The van der Waals surface area contributed by atoms with Crippen molar-refractivity contribution in [2.45, 2.75) is 70.4 Å². The first kappa shape index (κ1) is 32.1. The van der Waals surface area contributed by atoms with Crippen LogP contribution >= 0.6 is 34.8 Å². The van der Waals surface area contributed by atoms with Gasteiger partial charge in [0.05, 0.1) is 7.11 Å². The maximum Gasteiger partial charge on any atom is 0.233 e. The number of hydrogen-bond acceptors (Lipinski definition) is 11. The minimum Gasteiger partial charge on any atom is -0.494 e. The van der Waals surface area contributed by atoms with Crippen molar-refractivity contribution in [2.75, 3.05) is 42.7 Å². The van der Waals surface area contributed by atoms with Crippen LogP contribution in [-0.4, -0.2) is 73.6 Å². The molecule has 3 aromatic rings. The third-order valence-corrected chi connectivity index (χ3v) is 7.69. The van der Waals surface area contributed by atoms with Gasteiger partial charge in [-0.1, -0.05) is 32.6 Å². The van der Waals surface area contributed by atoms with Crippen LogP contribution < -0.4 is 20.7 Å². The fraction of sp³-hybridized carbons (Fsp3) is 0.556. The molecule has 11 nitrogen and oxygen atoms in total. The molecule has 1 aromatic carbocycles. The zero-order chi connectivity index (χ0) is 29.9. The Hall–Kier alpha value is -2.80. The van der Waals surface area contributed by atoms with Gasteiger partial charge in [0, 0.05) is 30.4 Å². The monoisotopic (exact) mass is 640 g/mol. The van der Waals surface area contributed by atoms with E-state index in [4.69, 9.17) is 39.5 Å². The van der Waals surface area contributed by atoms with Crippen LogP contribution in [-0.2, 0) is 0 Å². The Morgan fingerprint density at radius 2 is 1.50 bits per heavy atom. The molecule has 0 amide bonds. The first-order chi connectivity index (χ1) is 20.3. The van der Waals surface area contributed by atoms with E-state index in [1.165, 1.54) is 51.7 Å². The van der Waals surface area contributed by atoms with Gasteiger partial charge in [-0.15, -0.1) is 0 Å². The SMILES string of the molecule is CCN1CCC[C@H]1CNc1nc(Nc2ccc(OC)c(F)c2)nc(NC2CCCCCC2)n1.Clc1nc(Cl)nc(Cl)n1. The Bertz CT molecular complexity index is 1250. The van der Waals surface area contributed by atoms with Crippen LogP contribution in [0.1, 0.15) is 58.3 Å². The molecule has 2 aliphatic rings. The molecule has 5 rings (SSSR count). The number of hydrogen-bond donors (Lipinski definition) is 3. The largest absolute Gasteiger partial charge is 0.494 e. The Labute approximate surface area is 260 Å². The molecular weight excluding hydrogens is 606 g/mol. The number of anilines is 4. The normalized spacial score (nSPS) is 17.6. The average molecular weight is 642 g/mol. The smallest absolute Gasteiger partial charge is 0.233 e. The molecule has 1 aliphatic carbocycles. The Morgan fingerprint density at radius 1 is 0.857 bits per heavy atom. The molecule has 0 radical (unpaired) electrons. The summed E-state index contributed by atoms with van der Waals surface area (Å²) in [7, 11) is 1.45. The van der Waals surface area contributed by atoms with Gasteiger partial charge in [0.15, 0.2) is 11.6 Å². The number of ether oxygens (including phenoxy) is 1. The molecule has 1 atom stereocenters. The molecule has 0 bridgehead atoms. The van der Waals surface area contributed by atoms with Crippen molar-refractivity contribution in [3.63, 3.8) is 0 Å². The summed E-state index contributed by atoms with van der Waals surface area (Å²) >= 11 is 16.0. The molecule has 15 heteroatoms. The second-order valence-corrected chi connectivity index (χ2v) is 11.1. The van der Waals surface area contributed by atoms with E-state index in [1.807, 2.05) is 0 Å². The summed E-state index contributed by atoms with van der Waals surface area (Å²) in [6, 6.07) is 5.56. The summed E-state index contributed by atoms with van der Waals surface area (Å²) in [6.07, 6.45) is 9.65. The zero-order valence-electron chi connectivity index (χ0n) is 23.7. The fourth-order valence-electron chi connectivity index (χ4n) is 5.11. The van der Waals surface area contributed by atoms with Gasteiger partial charge in [-0.3, -0.25) is 4.90 Å². The highest BCUT2D eigenvalue weighted by Gasteiger charge is 2.23. The number of halogens is 4. The number of aromatic nitrogens is 6. The van der Waals surface area contributed by atoms with Crippen LogP contribution in [0.15, 0.2) is 18.2 Å². The number of likely N-dealkylation sites (N-methyl/N-ethyl adjacent to an activating group) is 1. The predicted octanol–water partition coefficient (Wildman–Crippen LogP) is 6.63. The van der Waals surface area contributed by atoms with E-state index in [0.29, 0.717) is 35.6 Å². The number of nitrogens with one attached hydrogen (secondary N) is 3. The van der Waals surface area contributed by atoms with Crippen LogP contribution in [0.5, 0.6) is 5.75 Å². The van der Waals surface area contributed by atoms with Crippen molar-refractivity contribution in [3.05, 3.63) is 39.9 Å². The molecule has 0 spiro atoms. The molecule has 1 saturated carbocycles. The van der Waals surface area contributed by atoms with Crippen LogP contribution in [0.3, 0.4) is 0 Å². The van der Waals surface area contributed by atoms with Crippen LogP contribution in [0.4, 0.5) is 27.9 Å². The standard InChI is InChI=1S/C24H36FN7O.C3Cl3N3/c1-3-32-14-8-11-19(32)16-26-22-29-23(27-17-9-6-4-5-7-10-17)31-24(30-22)28-18-12-13-21(33-2)20(25)15-18;4-1-7-2(5)9-3(6)8-1/h12-13,15,17,19H,3-11,14,16H2,1-2H3,(H3,26,27,28,29,30,31);/t19-;/m0./s1. The van der Waals surface area contributed by atoms with E-state index in [-0.39, 0.29) is 21.6 Å². The first-order valence-electron chi connectivity index (χ1n) is 14.2. The second kappa shape index (κ2) is 16.2. The third-order valence-electron chi connectivity index (χ3n) is 7.19. The summed E-state index contributed by atoms with van der Waals surface area (Å²) in [4.78, 5) is 26.7. The molecule has 2 aromatic heterocycles. The lowest BCUT2D eigenvalue weighted by molar-refractivity contribution is 0.277. The highest BCUT2D eigenvalue weighted by atomic mass is 35.5. The summed E-state index contributed by atoms with van der Waals surface area (Å²) in [5, 5.41) is 10.1. The lowest BCUT2D eigenvalue weighted by atomic mass is 10.1. The van der Waals surface area contributed by atoms with Crippen molar-refractivity contribution in [3.8, 4) is 5.75 Å². The van der Waals surface area contributed by atoms with Crippen molar-refractivity contribution in [1.29, 1.82) is 0 Å².